The van der Waals surface area contributed by atoms with Gasteiger partial charge in [-0.3, -0.25) is 77.8 Å². The van der Waals surface area contributed by atoms with Crippen LogP contribution in [0.4, 0.5) is 0 Å². The van der Waals surface area contributed by atoms with E-state index in [1.807, 2.05) is 26.0 Å². The summed E-state index contributed by atoms with van der Waals surface area (Å²) >= 11 is 0. The van der Waals surface area contributed by atoms with Gasteiger partial charge in [-0.15, -0.1) is 0 Å². The van der Waals surface area contributed by atoms with Crippen LogP contribution in [-0.4, -0.2) is 191 Å². The summed E-state index contributed by atoms with van der Waals surface area (Å²) in [6.45, 7) is 16.0. The van der Waals surface area contributed by atoms with Gasteiger partial charge in [0.1, 0.15) is 35.5 Å². The Balaban J connectivity index is 2.59. The Hall–Kier alpha value is -7.70. The molecule has 0 aromatic heterocycles. The molecule has 1 aromatic carbocycles. The Labute approximate surface area is 563 Å². The summed E-state index contributed by atoms with van der Waals surface area (Å²) in [6, 6.07) is -2.89. The lowest BCUT2D eigenvalue weighted by atomic mass is 9.77. The SMILES string of the molecule is CC(=O)CN[C@@H](CC(=O)O)C(=O)N[C@H](C(=O)N[C@@H](CC(N)=O)C(=O)CN[C@H](C(=O)C[C@]1(C)CCCC=CCCC[C@@](C)(C(=O)N[C@@H](CCCCN)C(=O)N[C@H](C(=O)CNC(C)C(=O)CN)C(C)C)NC(=O)[C@H](Cc2ccccc2)NC(=O)[C@H](CC(C)C)NC1=O)[C@@H](C)O)C(C)C. The maximum absolute atomic E-state index is 15.0. The number of carboxylic acids is 1. The lowest BCUT2D eigenvalue weighted by molar-refractivity contribution is -0.140. The molecule has 0 bridgehead atoms. The van der Waals surface area contributed by atoms with Gasteiger partial charge in [0.2, 0.25) is 47.3 Å². The van der Waals surface area contributed by atoms with Gasteiger partial charge in [0.05, 0.1) is 80.7 Å². The van der Waals surface area contributed by atoms with E-state index in [-0.39, 0.29) is 63.4 Å². The van der Waals surface area contributed by atoms with E-state index >= 15 is 0 Å². The minimum Gasteiger partial charge on any atom is -0.481 e. The summed E-state index contributed by atoms with van der Waals surface area (Å²) in [5, 5.41) is 47.8. The molecular formula is C67H109N13O16. The van der Waals surface area contributed by atoms with Crippen LogP contribution in [0.5, 0.6) is 0 Å². The second kappa shape index (κ2) is 42.1. The highest BCUT2D eigenvalue weighted by atomic mass is 16.4. The topological polar surface area (TPSA) is 478 Å². The van der Waals surface area contributed by atoms with Crippen LogP contribution < -0.4 is 70.4 Å². The number of rotatable bonds is 39. The van der Waals surface area contributed by atoms with Crippen LogP contribution in [0.1, 0.15) is 165 Å². The number of unbranched alkanes of at least 4 members (excludes halogenated alkanes) is 1. The lowest BCUT2D eigenvalue weighted by Crippen LogP contribution is -2.64. The molecule has 1 unspecified atom stereocenters. The van der Waals surface area contributed by atoms with Gasteiger partial charge in [0.15, 0.2) is 23.1 Å². The number of carbonyl (C=O) groups excluding carboxylic acids is 13. The zero-order chi connectivity index (χ0) is 72.6. The van der Waals surface area contributed by atoms with Crippen molar-refractivity contribution < 1.29 is 77.3 Å². The molecule has 29 nitrogen and oxygen atoms in total. The number of carboxylic acid groups (broad SMARTS) is 1. The quantitative estimate of drug-likeness (QED) is 0.0285. The highest BCUT2D eigenvalue weighted by Crippen LogP contribution is 2.31. The van der Waals surface area contributed by atoms with E-state index in [1.54, 1.807) is 65.0 Å². The molecule has 0 saturated heterocycles. The molecule has 0 fully saturated rings. The number of nitrogens with one attached hydrogen (secondary N) is 10. The van der Waals surface area contributed by atoms with Crippen LogP contribution in [0, 0.1) is 23.2 Å². The smallest absolute Gasteiger partial charge is 0.305 e. The molecule has 1 heterocycles. The van der Waals surface area contributed by atoms with E-state index in [0.717, 1.165) is 0 Å². The molecule has 0 saturated carbocycles. The van der Waals surface area contributed by atoms with Gasteiger partial charge in [-0.05, 0) is 122 Å². The number of ketones is 5. The molecule has 1 aliphatic rings. The highest BCUT2D eigenvalue weighted by Gasteiger charge is 2.43. The molecule has 8 amide bonds. The molecule has 2 rings (SSSR count). The number of carbonyl (C=O) groups is 14. The standard InChI is InChI=1S/C67H109N13O16/c1-38(2)29-48-61(92)75-49(30-44-23-17-16-18-24-44)62(93)80-67(11,65(96)76-45(25-19-22-28-68)59(90)78-56(39(3)4)53(86)37-71-42(8)51(84)34-69)27-21-15-13-12-14-20-26-66(10,64(95)77-48)33-50(83)58(43(9)82)73-36-52(85)46(31-54(70)87)74-63(94)57(40(5)6)79-60(91)47(32-55(88)89)72-35-41(7)81/h12-13,16-18,23-24,38-40,42-43,45-49,56-58,71-73,82H,14-15,19-22,25-37,68-69H2,1-11H3,(H2,70,87)(H,74,94)(H,75,92)(H,76,96)(H,77,95)(H,78,90)(H,79,91)(H,80,93)(H,88,89)/t42?,43-,45+,46+,47+,48+,49+,56+,57+,58+,66+,67+/m1/s1. The van der Waals surface area contributed by atoms with Crippen LogP contribution in [0.25, 0.3) is 0 Å². The number of hydrogen-bond donors (Lipinski definition) is 15. The molecule has 538 valence electrons. The van der Waals surface area contributed by atoms with Crippen molar-refractivity contribution in [3.8, 4) is 0 Å². The van der Waals surface area contributed by atoms with E-state index in [0.29, 0.717) is 50.6 Å². The van der Waals surface area contributed by atoms with Gasteiger partial charge >= 0.3 is 5.97 Å². The maximum atomic E-state index is 15.0. The molecule has 0 aliphatic carbocycles. The minimum atomic E-state index is -1.72. The summed E-state index contributed by atoms with van der Waals surface area (Å²) in [4.78, 5) is 191. The largest absolute Gasteiger partial charge is 0.481 e. The van der Waals surface area contributed by atoms with Crippen molar-refractivity contribution in [3.63, 3.8) is 0 Å². The van der Waals surface area contributed by atoms with Crippen molar-refractivity contribution in [2.75, 3.05) is 32.7 Å². The molecule has 12 atom stereocenters. The first kappa shape index (κ1) is 84.4. The third-order valence-electron chi connectivity index (χ3n) is 16.7. The lowest BCUT2D eigenvalue weighted by Gasteiger charge is -2.34. The molecular weight excluding hydrogens is 1240 g/mol. The van der Waals surface area contributed by atoms with Crippen molar-refractivity contribution in [2.45, 2.75) is 232 Å². The van der Waals surface area contributed by atoms with Gasteiger partial charge < -0.3 is 69.9 Å². The summed E-state index contributed by atoms with van der Waals surface area (Å²) < 4.78 is 0. The fourth-order valence-electron chi connectivity index (χ4n) is 10.8. The van der Waals surface area contributed by atoms with Gasteiger partial charge in [-0.1, -0.05) is 91.0 Å². The summed E-state index contributed by atoms with van der Waals surface area (Å²) in [7, 11) is 0. The van der Waals surface area contributed by atoms with E-state index in [4.69, 9.17) is 17.2 Å². The first-order valence-corrected chi connectivity index (χ1v) is 33.2. The monoisotopic (exact) mass is 1350 g/mol. The minimum absolute atomic E-state index is 0.0340. The van der Waals surface area contributed by atoms with Crippen molar-refractivity contribution in [3.05, 3.63) is 48.0 Å². The molecule has 96 heavy (non-hydrogen) atoms. The summed E-state index contributed by atoms with van der Waals surface area (Å²) in [6.07, 6.45) is 2.65. The van der Waals surface area contributed by atoms with Crippen LogP contribution in [0.2, 0.25) is 0 Å². The third kappa shape index (κ3) is 29.7. The number of aliphatic hydroxyl groups excluding tert-OH is 1. The number of Topliss-reactive ketones (excluding diaryl/α,β-unsaturated/α-hetero) is 5. The molecule has 18 N–H and O–H groups in total. The highest BCUT2D eigenvalue weighted by molar-refractivity contribution is 6.01. The summed E-state index contributed by atoms with van der Waals surface area (Å²) in [5.41, 5.74) is 14.2. The zero-order valence-corrected chi connectivity index (χ0v) is 57.8. The van der Waals surface area contributed by atoms with Gasteiger partial charge in [0.25, 0.3) is 0 Å². The number of benzene rings is 1. The predicted octanol–water partition coefficient (Wildman–Crippen LogP) is -0.744. The Morgan fingerprint density at radius 3 is 1.77 bits per heavy atom. The number of allylic oxidation sites excluding steroid dienone is 2. The number of aliphatic carboxylic acids is 1. The molecule has 0 spiro atoms. The summed E-state index contributed by atoms with van der Waals surface area (Å²) in [5.74, 6) is -12.0. The number of nitrogens with two attached hydrogens (primary N) is 3. The average Bonchev–Trinajstić information content (AvgIpc) is 0.880. The molecule has 29 heteroatoms. The first-order chi connectivity index (χ1) is 45.0. The van der Waals surface area contributed by atoms with Gasteiger partial charge in [0, 0.05) is 12.8 Å². The normalized spacial score (nSPS) is 20.8. The fourth-order valence-corrected chi connectivity index (χ4v) is 10.8. The van der Waals surface area contributed by atoms with E-state index in [2.05, 4.69) is 53.2 Å². The second-order valence-electron chi connectivity index (χ2n) is 26.7. The van der Waals surface area contributed by atoms with Crippen molar-refractivity contribution in [1.82, 2.24) is 53.2 Å². The molecule has 1 aromatic rings. The zero-order valence-electron chi connectivity index (χ0n) is 57.8. The van der Waals surface area contributed by atoms with Crippen LogP contribution in [-0.2, 0) is 73.5 Å². The van der Waals surface area contributed by atoms with Gasteiger partial charge in [-0.2, -0.15) is 0 Å². The van der Waals surface area contributed by atoms with E-state index in [1.165, 1.54) is 27.7 Å². The second-order valence-corrected chi connectivity index (χ2v) is 26.7. The number of primary amides is 1. The Kier molecular flexibility index (Phi) is 37.0. The maximum Gasteiger partial charge on any atom is 0.305 e. The Morgan fingerprint density at radius 2 is 1.22 bits per heavy atom. The van der Waals surface area contributed by atoms with Crippen LogP contribution in [0.15, 0.2) is 42.5 Å². The van der Waals surface area contributed by atoms with E-state index < -0.39 is 185 Å². The predicted molar refractivity (Wildman–Crippen MR) is 358 cm³/mol. The fraction of sp³-hybridized carbons (Fsp3) is 0.672. The molecule has 0 radical (unpaired) electrons. The van der Waals surface area contributed by atoms with Gasteiger partial charge in [-0.25, -0.2) is 0 Å². The van der Waals surface area contributed by atoms with Crippen molar-refractivity contribution in [1.29, 1.82) is 0 Å². The Bertz CT molecular complexity index is 2850. The van der Waals surface area contributed by atoms with Crippen molar-refractivity contribution >= 4 is 82.1 Å². The number of hydrogen-bond acceptors (Lipinski definition) is 20. The third-order valence-corrected chi connectivity index (χ3v) is 16.7. The first-order valence-electron chi connectivity index (χ1n) is 33.2. The van der Waals surface area contributed by atoms with Crippen LogP contribution in [0.3, 0.4) is 0 Å². The van der Waals surface area contributed by atoms with E-state index in [9.17, 15) is 77.3 Å². The Morgan fingerprint density at radius 1 is 0.625 bits per heavy atom. The average molecular weight is 1350 g/mol. The number of amides is 8. The van der Waals surface area contributed by atoms with Crippen molar-refractivity contribution in [2.24, 2.45) is 40.4 Å². The molecule has 1 aliphatic heterocycles. The van der Waals surface area contributed by atoms with Crippen LogP contribution >= 0.6 is 0 Å². The number of aliphatic hydroxyl groups is 1.